The maximum atomic E-state index is 2.47. The molecular weight excluding hydrogens is 556 g/mol. The second-order valence-corrected chi connectivity index (χ2v) is 12.3. The van der Waals surface area contributed by atoms with Crippen LogP contribution in [0.2, 0.25) is 0 Å². The van der Waals surface area contributed by atoms with E-state index in [0.29, 0.717) is 0 Å². The van der Waals surface area contributed by atoms with Crippen LogP contribution in [0.3, 0.4) is 0 Å². The van der Waals surface area contributed by atoms with E-state index < -0.39 is 0 Å². The molecule has 0 aliphatic heterocycles. The minimum Gasteiger partial charge on any atom is -0.311 e. The molecule has 0 spiro atoms. The highest BCUT2D eigenvalue weighted by molar-refractivity contribution is 6.11. The lowest BCUT2D eigenvalue weighted by Crippen LogP contribution is -2.22. The fraction of sp³-hybridized carbons (Fsp3) is 0.0455. The van der Waals surface area contributed by atoms with E-state index >= 15 is 0 Å². The van der Waals surface area contributed by atoms with E-state index in [-0.39, 0.29) is 5.41 Å². The number of fused-ring (bicyclic) bond motifs is 6. The first-order valence-corrected chi connectivity index (χ1v) is 16.0. The number of benzene rings is 7. The number of para-hydroxylation sites is 3. The van der Waals surface area contributed by atoms with Crippen LogP contribution in [-0.4, -0.2) is 4.57 Å². The van der Waals surface area contributed by atoms with Crippen molar-refractivity contribution in [1.82, 2.24) is 4.57 Å². The fourth-order valence-corrected chi connectivity index (χ4v) is 7.66. The van der Waals surface area contributed by atoms with Crippen molar-refractivity contribution in [2.45, 2.75) is 12.3 Å². The second-order valence-electron chi connectivity index (χ2n) is 12.3. The molecule has 1 aliphatic rings. The van der Waals surface area contributed by atoms with Crippen LogP contribution in [-0.2, 0) is 5.41 Å². The summed E-state index contributed by atoms with van der Waals surface area (Å²) >= 11 is 0. The molecule has 0 N–H and O–H groups in total. The van der Waals surface area contributed by atoms with Crippen LogP contribution in [0, 0.1) is 0 Å². The molecule has 1 aliphatic carbocycles. The van der Waals surface area contributed by atoms with Gasteiger partial charge in [0.1, 0.15) is 0 Å². The molecular formula is C44H32N2. The van der Waals surface area contributed by atoms with Gasteiger partial charge in [0.15, 0.2) is 0 Å². The molecule has 0 amide bonds. The average Bonchev–Trinajstić information content (AvgIpc) is 3.59. The zero-order valence-corrected chi connectivity index (χ0v) is 25.6. The zero-order valence-electron chi connectivity index (χ0n) is 25.6. The maximum Gasteiger partial charge on any atom is 0.0547 e. The summed E-state index contributed by atoms with van der Waals surface area (Å²) in [5.74, 6) is 0. The minimum atomic E-state index is -0.232. The number of nitrogens with zero attached hydrogens (tertiary/aromatic N) is 2. The van der Waals surface area contributed by atoms with Crippen molar-refractivity contribution >= 4 is 38.9 Å². The highest BCUT2D eigenvalue weighted by atomic mass is 15.1. The van der Waals surface area contributed by atoms with Gasteiger partial charge in [-0.05, 0) is 101 Å². The Labute approximate surface area is 269 Å². The summed E-state index contributed by atoms with van der Waals surface area (Å²) in [6.45, 7) is 2.39. The van der Waals surface area contributed by atoms with Gasteiger partial charge in [-0.1, -0.05) is 109 Å². The highest BCUT2D eigenvalue weighted by Gasteiger charge is 2.41. The normalized spacial score (nSPS) is 15.2. The topological polar surface area (TPSA) is 8.17 Å². The van der Waals surface area contributed by atoms with E-state index in [2.05, 4.69) is 192 Å². The Hall–Kier alpha value is -5.86. The SMILES string of the molecule is CC1(c2ccccc2)c2ccccc2-c2cc3c(cc21)c1ccccc1n3-c1ccc(N(c2ccccc2)c2ccccc2)cc1. The molecule has 0 bridgehead atoms. The molecule has 1 atom stereocenters. The van der Waals surface area contributed by atoms with Gasteiger partial charge in [0.05, 0.1) is 11.0 Å². The maximum absolute atomic E-state index is 2.47. The van der Waals surface area contributed by atoms with E-state index in [4.69, 9.17) is 0 Å². The van der Waals surface area contributed by atoms with Crippen molar-refractivity contribution in [2.75, 3.05) is 4.90 Å². The van der Waals surface area contributed by atoms with Crippen LogP contribution >= 0.6 is 0 Å². The van der Waals surface area contributed by atoms with Crippen LogP contribution in [0.5, 0.6) is 0 Å². The van der Waals surface area contributed by atoms with Crippen LogP contribution in [0.4, 0.5) is 17.1 Å². The Balaban J connectivity index is 1.25. The third kappa shape index (κ3) is 3.90. The third-order valence-electron chi connectivity index (χ3n) is 9.85. The molecule has 0 saturated heterocycles. The summed E-state index contributed by atoms with van der Waals surface area (Å²) in [6, 6.07) is 63.8. The van der Waals surface area contributed by atoms with Gasteiger partial charge >= 0.3 is 0 Å². The van der Waals surface area contributed by atoms with Crippen LogP contribution in [0.1, 0.15) is 23.6 Å². The Morgan fingerprint density at radius 1 is 0.435 bits per heavy atom. The molecule has 1 aromatic heterocycles. The summed E-state index contributed by atoms with van der Waals surface area (Å²) in [6.07, 6.45) is 0. The summed E-state index contributed by atoms with van der Waals surface area (Å²) in [7, 11) is 0. The number of hydrogen-bond donors (Lipinski definition) is 0. The first kappa shape index (κ1) is 26.5. The van der Waals surface area contributed by atoms with E-state index in [0.717, 1.165) is 22.7 Å². The molecule has 0 fully saturated rings. The lowest BCUT2D eigenvalue weighted by atomic mass is 9.74. The van der Waals surface area contributed by atoms with Crippen molar-refractivity contribution < 1.29 is 0 Å². The second kappa shape index (κ2) is 10.4. The third-order valence-corrected chi connectivity index (χ3v) is 9.85. The molecule has 0 radical (unpaired) electrons. The monoisotopic (exact) mass is 588 g/mol. The standard InChI is InChI=1S/C44H32N2/c1-44(31-15-5-2-6-16-31)40-23-13-11-21-36(40)38-30-43-39(29-41(38)44)37-22-12-14-24-42(37)46(43)35-27-25-34(26-28-35)45(32-17-7-3-8-18-32)33-19-9-4-10-20-33/h2-30H,1H3. The van der Waals surface area contributed by atoms with Gasteiger partial charge in [-0.3, -0.25) is 0 Å². The van der Waals surface area contributed by atoms with Gasteiger partial charge in [-0.15, -0.1) is 0 Å². The van der Waals surface area contributed by atoms with Crippen molar-refractivity contribution in [2.24, 2.45) is 0 Å². The molecule has 46 heavy (non-hydrogen) atoms. The minimum absolute atomic E-state index is 0.232. The molecule has 218 valence electrons. The highest BCUT2D eigenvalue weighted by Crippen LogP contribution is 2.54. The van der Waals surface area contributed by atoms with Crippen LogP contribution in [0.25, 0.3) is 38.6 Å². The summed E-state index contributed by atoms with van der Waals surface area (Å²) in [5, 5.41) is 2.55. The molecule has 8 aromatic rings. The van der Waals surface area contributed by atoms with Crippen molar-refractivity contribution in [3.8, 4) is 16.8 Å². The van der Waals surface area contributed by atoms with Crippen LogP contribution in [0.15, 0.2) is 176 Å². The van der Waals surface area contributed by atoms with Gasteiger partial charge in [0, 0.05) is 38.9 Å². The zero-order chi connectivity index (χ0) is 30.7. The average molecular weight is 589 g/mol. The summed E-state index contributed by atoms with van der Waals surface area (Å²) in [4.78, 5) is 2.31. The Bertz CT molecular complexity index is 2310. The molecule has 0 saturated carbocycles. The largest absolute Gasteiger partial charge is 0.311 e. The number of rotatable bonds is 5. The molecule has 7 aromatic carbocycles. The van der Waals surface area contributed by atoms with E-state index in [1.54, 1.807) is 0 Å². The van der Waals surface area contributed by atoms with Gasteiger partial charge in [0.25, 0.3) is 0 Å². The number of anilines is 3. The lowest BCUT2D eigenvalue weighted by Gasteiger charge is -2.28. The van der Waals surface area contributed by atoms with Crippen LogP contribution < -0.4 is 4.90 Å². The smallest absolute Gasteiger partial charge is 0.0547 e. The lowest BCUT2D eigenvalue weighted by molar-refractivity contribution is 0.715. The molecule has 9 rings (SSSR count). The predicted molar refractivity (Wildman–Crippen MR) is 193 cm³/mol. The summed E-state index contributed by atoms with van der Waals surface area (Å²) in [5.41, 5.74) is 13.4. The van der Waals surface area contributed by atoms with Gasteiger partial charge < -0.3 is 9.47 Å². The van der Waals surface area contributed by atoms with E-state index in [9.17, 15) is 0 Å². The predicted octanol–water partition coefficient (Wildman–Crippen LogP) is 11.6. The van der Waals surface area contributed by atoms with E-state index in [1.807, 2.05) is 0 Å². The first-order chi connectivity index (χ1) is 22.7. The Morgan fingerprint density at radius 3 is 1.70 bits per heavy atom. The number of aromatic nitrogens is 1. The summed E-state index contributed by atoms with van der Waals surface area (Å²) < 4.78 is 2.44. The fourth-order valence-electron chi connectivity index (χ4n) is 7.66. The molecule has 1 unspecified atom stereocenters. The first-order valence-electron chi connectivity index (χ1n) is 16.0. The molecule has 2 nitrogen and oxygen atoms in total. The Morgan fingerprint density at radius 2 is 1.00 bits per heavy atom. The van der Waals surface area contributed by atoms with Crippen molar-refractivity contribution in [3.05, 3.63) is 193 Å². The Kier molecular flexibility index (Phi) is 5.97. The van der Waals surface area contributed by atoms with E-state index in [1.165, 1.54) is 49.6 Å². The van der Waals surface area contributed by atoms with Crippen molar-refractivity contribution in [3.63, 3.8) is 0 Å². The molecule has 1 heterocycles. The van der Waals surface area contributed by atoms with Gasteiger partial charge in [-0.2, -0.15) is 0 Å². The van der Waals surface area contributed by atoms with Crippen molar-refractivity contribution in [1.29, 1.82) is 0 Å². The van der Waals surface area contributed by atoms with Gasteiger partial charge in [-0.25, -0.2) is 0 Å². The van der Waals surface area contributed by atoms with Gasteiger partial charge in [0.2, 0.25) is 0 Å². The molecule has 2 heteroatoms. The quantitative estimate of drug-likeness (QED) is 0.194. The number of hydrogen-bond acceptors (Lipinski definition) is 1.